The molecule has 35 heavy (non-hydrogen) atoms. The summed E-state index contributed by atoms with van der Waals surface area (Å²) in [6.45, 7) is 5.55. The molecule has 0 bridgehead atoms. The topological polar surface area (TPSA) is 101 Å². The lowest BCUT2D eigenvalue weighted by molar-refractivity contribution is -0.384. The van der Waals surface area contributed by atoms with Gasteiger partial charge in [-0.2, -0.15) is 0 Å². The van der Waals surface area contributed by atoms with Crippen LogP contribution >= 0.6 is 11.6 Å². The Morgan fingerprint density at radius 2 is 1.91 bits per heavy atom. The number of ketones is 1. The van der Waals surface area contributed by atoms with Gasteiger partial charge < -0.3 is 10.6 Å². The van der Waals surface area contributed by atoms with Crippen LogP contribution in [-0.2, 0) is 9.59 Å². The summed E-state index contributed by atoms with van der Waals surface area (Å²) in [5.74, 6) is -3.64. The second-order valence-electron chi connectivity index (χ2n) is 9.48. The van der Waals surface area contributed by atoms with E-state index in [-0.39, 0.29) is 39.6 Å². The second kappa shape index (κ2) is 8.88. The Morgan fingerprint density at radius 3 is 2.57 bits per heavy atom. The monoisotopic (exact) mass is 501 g/mol. The van der Waals surface area contributed by atoms with Crippen molar-refractivity contribution in [1.82, 2.24) is 5.32 Å². The van der Waals surface area contributed by atoms with Crippen molar-refractivity contribution in [2.75, 3.05) is 5.32 Å². The van der Waals surface area contributed by atoms with E-state index in [4.69, 9.17) is 11.6 Å². The van der Waals surface area contributed by atoms with Crippen LogP contribution in [0.25, 0.3) is 0 Å². The smallest absolute Gasteiger partial charge is 0.288 e. The molecule has 0 saturated carbocycles. The zero-order chi connectivity index (χ0) is 25.7. The summed E-state index contributed by atoms with van der Waals surface area (Å²) in [7, 11) is 0. The maximum atomic E-state index is 14.3. The third-order valence-electron chi connectivity index (χ3n) is 6.16. The van der Waals surface area contributed by atoms with Gasteiger partial charge in [0.05, 0.1) is 10.6 Å². The van der Waals surface area contributed by atoms with E-state index in [1.54, 1.807) is 6.92 Å². The van der Waals surface area contributed by atoms with Gasteiger partial charge in [0.15, 0.2) is 5.78 Å². The number of nitro benzene ring substituents is 1. The summed E-state index contributed by atoms with van der Waals surface area (Å²) < 4.78 is 27.6. The summed E-state index contributed by atoms with van der Waals surface area (Å²) in [5.41, 5.74) is 0.869. The van der Waals surface area contributed by atoms with Gasteiger partial charge in [0.2, 0.25) is 0 Å². The van der Waals surface area contributed by atoms with Crippen molar-refractivity contribution in [2.45, 2.75) is 39.5 Å². The van der Waals surface area contributed by atoms with Crippen LogP contribution in [0.15, 0.2) is 58.9 Å². The number of dihydropyridines is 1. The number of hydrogen-bond acceptors (Lipinski definition) is 5. The van der Waals surface area contributed by atoms with Gasteiger partial charge in [0, 0.05) is 47.0 Å². The van der Waals surface area contributed by atoms with E-state index in [9.17, 15) is 28.5 Å². The summed E-state index contributed by atoms with van der Waals surface area (Å²) >= 11 is 6.00. The van der Waals surface area contributed by atoms with Crippen LogP contribution in [0.4, 0.5) is 20.2 Å². The molecule has 182 valence electrons. The molecule has 0 spiro atoms. The van der Waals surface area contributed by atoms with Gasteiger partial charge in [-0.15, -0.1) is 0 Å². The molecule has 1 atom stereocenters. The first-order chi connectivity index (χ1) is 16.4. The highest BCUT2D eigenvalue weighted by Crippen LogP contribution is 2.47. The third kappa shape index (κ3) is 4.68. The fraction of sp³-hybridized carbons (Fsp3) is 0.280. The molecule has 0 fully saturated rings. The molecule has 0 radical (unpaired) electrons. The number of rotatable bonds is 4. The molecule has 0 aromatic heterocycles. The van der Waals surface area contributed by atoms with E-state index < -0.39 is 28.4 Å². The van der Waals surface area contributed by atoms with Crippen molar-refractivity contribution in [1.29, 1.82) is 0 Å². The number of benzene rings is 2. The Hall–Kier alpha value is -3.59. The molecule has 10 heteroatoms. The molecule has 7 nitrogen and oxygen atoms in total. The van der Waals surface area contributed by atoms with Crippen LogP contribution in [0, 0.1) is 27.2 Å². The van der Waals surface area contributed by atoms with Crippen LogP contribution < -0.4 is 10.6 Å². The number of anilines is 1. The van der Waals surface area contributed by atoms with Gasteiger partial charge in [0.1, 0.15) is 16.7 Å². The summed E-state index contributed by atoms with van der Waals surface area (Å²) in [6, 6.07) is 6.86. The van der Waals surface area contributed by atoms with Crippen LogP contribution in [0.3, 0.4) is 0 Å². The van der Waals surface area contributed by atoms with E-state index in [1.165, 1.54) is 18.2 Å². The SMILES string of the molecule is CC1=C(C(=O)Nc2ccc(F)cc2F)C(c2ccc(Cl)c([N+](=O)[O-])c2)C2=C(CC(C)(C)CC2=O)N1. The number of amides is 1. The molecule has 1 unspecified atom stereocenters. The molecule has 2 N–H and O–H groups in total. The molecule has 2 aromatic carbocycles. The lowest BCUT2D eigenvalue weighted by Gasteiger charge is -2.39. The summed E-state index contributed by atoms with van der Waals surface area (Å²) in [6.07, 6.45) is 0.749. The fourth-order valence-electron chi connectivity index (χ4n) is 4.70. The minimum atomic E-state index is -0.963. The van der Waals surface area contributed by atoms with E-state index in [2.05, 4.69) is 10.6 Å². The molecule has 2 aliphatic rings. The van der Waals surface area contributed by atoms with Crippen molar-refractivity contribution in [3.05, 3.63) is 91.3 Å². The average Bonchev–Trinajstić information content (AvgIpc) is 2.74. The quantitative estimate of drug-likeness (QED) is 0.409. The number of nitrogens with one attached hydrogen (secondary N) is 2. The van der Waals surface area contributed by atoms with E-state index in [0.29, 0.717) is 35.0 Å². The van der Waals surface area contributed by atoms with Crippen molar-refractivity contribution < 1.29 is 23.3 Å². The van der Waals surface area contributed by atoms with Crippen LogP contribution in [0.5, 0.6) is 0 Å². The van der Waals surface area contributed by atoms with Crippen LogP contribution in [-0.4, -0.2) is 16.6 Å². The van der Waals surface area contributed by atoms with E-state index in [1.807, 2.05) is 13.8 Å². The van der Waals surface area contributed by atoms with Crippen LogP contribution in [0.2, 0.25) is 5.02 Å². The minimum absolute atomic E-state index is 0.0851. The maximum absolute atomic E-state index is 14.3. The van der Waals surface area contributed by atoms with E-state index in [0.717, 1.165) is 12.1 Å². The highest BCUT2D eigenvalue weighted by atomic mass is 35.5. The molecular formula is C25H22ClF2N3O4. The number of carbonyl (C=O) groups is 2. The molecule has 4 rings (SSSR count). The number of nitro groups is 1. The normalized spacial score (nSPS) is 19.3. The minimum Gasteiger partial charge on any atom is -0.362 e. The average molecular weight is 502 g/mol. The largest absolute Gasteiger partial charge is 0.362 e. The van der Waals surface area contributed by atoms with E-state index >= 15 is 0 Å². The zero-order valence-electron chi connectivity index (χ0n) is 19.2. The molecule has 1 aliphatic carbocycles. The van der Waals surface area contributed by atoms with Gasteiger partial charge in [-0.3, -0.25) is 19.7 Å². The third-order valence-corrected chi connectivity index (χ3v) is 6.48. The number of allylic oxidation sites excluding steroid dienone is 3. The lowest BCUT2D eigenvalue weighted by Crippen LogP contribution is -2.39. The lowest BCUT2D eigenvalue weighted by atomic mass is 9.68. The Labute approximate surface area is 205 Å². The standard InChI is InChI=1S/C25H22ClF2N3O4/c1-12-21(24(33)30-17-7-5-14(27)9-16(17)28)22(13-4-6-15(26)19(8-13)31(34)35)23-18(29-12)10-25(2,3)11-20(23)32/h4-9,22,29H,10-11H2,1-3H3,(H,30,33). The number of halogens is 3. The first kappa shape index (κ1) is 24.5. The zero-order valence-corrected chi connectivity index (χ0v) is 19.9. The van der Waals surface area contributed by atoms with Crippen LogP contribution in [0.1, 0.15) is 45.1 Å². The van der Waals surface area contributed by atoms with Crippen molar-refractivity contribution in [3.63, 3.8) is 0 Å². The predicted molar refractivity (Wildman–Crippen MR) is 127 cm³/mol. The molecule has 2 aromatic rings. The number of Topliss-reactive ketones (excluding diaryl/α,β-unsaturated/α-hetero) is 1. The Morgan fingerprint density at radius 1 is 1.20 bits per heavy atom. The number of carbonyl (C=O) groups excluding carboxylic acids is 2. The molecule has 1 heterocycles. The Kier molecular flexibility index (Phi) is 6.23. The summed E-state index contributed by atoms with van der Waals surface area (Å²) in [4.78, 5) is 37.7. The number of nitrogens with zero attached hydrogens (tertiary/aromatic N) is 1. The first-order valence-corrected chi connectivity index (χ1v) is 11.2. The Balaban J connectivity index is 1.86. The molecule has 1 aliphatic heterocycles. The predicted octanol–water partition coefficient (Wildman–Crippen LogP) is 5.77. The fourth-order valence-corrected chi connectivity index (χ4v) is 4.89. The Bertz CT molecular complexity index is 1350. The van der Waals surface area contributed by atoms with Crippen molar-refractivity contribution >= 4 is 34.7 Å². The van der Waals surface area contributed by atoms with Gasteiger partial charge in [-0.25, -0.2) is 8.78 Å². The molecular weight excluding hydrogens is 480 g/mol. The summed E-state index contributed by atoms with van der Waals surface area (Å²) in [5, 5.41) is 17.1. The number of hydrogen-bond donors (Lipinski definition) is 2. The van der Waals surface area contributed by atoms with Crippen molar-refractivity contribution in [3.8, 4) is 0 Å². The molecule has 0 saturated heterocycles. The van der Waals surface area contributed by atoms with Gasteiger partial charge in [0.25, 0.3) is 11.6 Å². The second-order valence-corrected chi connectivity index (χ2v) is 9.88. The maximum Gasteiger partial charge on any atom is 0.288 e. The van der Waals surface area contributed by atoms with Gasteiger partial charge >= 0.3 is 0 Å². The van der Waals surface area contributed by atoms with Crippen molar-refractivity contribution in [2.24, 2.45) is 5.41 Å². The van der Waals surface area contributed by atoms with Gasteiger partial charge in [-0.1, -0.05) is 31.5 Å². The van der Waals surface area contributed by atoms with Gasteiger partial charge in [-0.05, 0) is 42.5 Å². The highest BCUT2D eigenvalue weighted by Gasteiger charge is 2.43. The highest BCUT2D eigenvalue weighted by molar-refractivity contribution is 6.32. The molecule has 1 amide bonds. The first-order valence-electron chi connectivity index (χ1n) is 10.8.